The normalized spacial score (nSPS) is 21.2. The van der Waals surface area contributed by atoms with Crippen LogP contribution in [-0.2, 0) is 9.59 Å². The minimum Gasteiger partial charge on any atom is -0.480 e. The van der Waals surface area contributed by atoms with Crippen molar-refractivity contribution in [2.24, 2.45) is 0 Å². The van der Waals surface area contributed by atoms with Crippen molar-refractivity contribution in [1.29, 1.82) is 0 Å². The van der Waals surface area contributed by atoms with Gasteiger partial charge in [0.05, 0.1) is 6.54 Å². The summed E-state index contributed by atoms with van der Waals surface area (Å²) in [5.41, 5.74) is -0.203. The van der Waals surface area contributed by atoms with Gasteiger partial charge >= 0.3 is 5.97 Å². The number of rotatable bonds is 4. The standard InChI is InChI=1S/C11H20N2O3/c1-11(2,3)13(7-10(15)16)6-8-4-5-9(14)12-8/h8H,4-7H2,1-3H3,(H,12,14)(H,15,16). The topological polar surface area (TPSA) is 69.6 Å². The van der Waals surface area contributed by atoms with Gasteiger partial charge < -0.3 is 10.4 Å². The van der Waals surface area contributed by atoms with Gasteiger partial charge in [0.15, 0.2) is 0 Å². The fourth-order valence-electron chi connectivity index (χ4n) is 1.82. The molecule has 1 atom stereocenters. The molecule has 1 unspecified atom stereocenters. The van der Waals surface area contributed by atoms with Crippen molar-refractivity contribution < 1.29 is 14.7 Å². The summed E-state index contributed by atoms with van der Waals surface area (Å²) in [5, 5.41) is 11.7. The van der Waals surface area contributed by atoms with E-state index in [-0.39, 0.29) is 24.0 Å². The summed E-state index contributed by atoms with van der Waals surface area (Å²) in [6, 6.07) is 0.0890. The lowest BCUT2D eigenvalue weighted by Crippen LogP contribution is -2.50. The molecular weight excluding hydrogens is 208 g/mol. The highest BCUT2D eigenvalue weighted by Crippen LogP contribution is 2.16. The number of amides is 1. The molecule has 0 aromatic rings. The van der Waals surface area contributed by atoms with Crippen LogP contribution in [-0.4, -0.2) is 46.6 Å². The molecule has 92 valence electrons. The fraction of sp³-hybridized carbons (Fsp3) is 0.818. The van der Waals surface area contributed by atoms with E-state index < -0.39 is 5.97 Å². The minimum absolute atomic E-state index is 0.00979. The van der Waals surface area contributed by atoms with Crippen molar-refractivity contribution >= 4 is 11.9 Å². The Morgan fingerprint density at radius 3 is 2.56 bits per heavy atom. The van der Waals surface area contributed by atoms with Crippen LogP contribution in [0.4, 0.5) is 0 Å². The van der Waals surface area contributed by atoms with Crippen molar-refractivity contribution in [3.63, 3.8) is 0 Å². The summed E-state index contributed by atoms with van der Waals surface area (Å²) in [6.45, 7) is 6.55. The van der Waals surface area contributed by atoms with Crippen molar-refractivity contribution in [3.05, 3.63) is 0 Å². The third kappa shape index (κ3) is 3.81. The molecule has 1 aliphatic heterocycles. The molecule has 1 aliphatic rings. The van der Waals surface area contributed by atoms with Gasteiger partial charge in [0.2, 0.25) is 5.91 Å². The highest BCUT2D eigenvalue weighted by Gasteiger charge is 2.29. The smallest absolute Gasteiger partial charge is 0.317 e. The van der Waals surface area contributed by atoms with Gasteiger partial charge in [0.1, 0.15) is 0 Å². The summed E-state index contributed by atoms with van der Waals surface area (Å²) in [7, 11) is 0. The molecule has 1 fully saturated rings. The SMILES string of the molecule is CC(C)(C)N(CC(=O)O)CC1CCC(=O)N1. The van der Waals surface area contributed by atoms with Crippen molar-refractivity contribution in [3.8, 4) is 0 Å². The number of aliphatic carboxylic acids is 1. The van der Waals surface area contributed by atoms with E-state index in [1.54, 1.807) is 0 Å². The number of nitrogens with one attached hydrogen (secondary N) is 1. The number of carboxylic acid groups (broad SMARTS) is 1. The van der Waals surface area contributed by atoms with E-state index >= 15 is 0 Å². The molecule has 1 saturated heterocycles. The number of carbonyl (C=O) groups is 2. The second-order valence-electron chi connectivity index (χ2n) is 5.25. The number of carboxylic acids is 1. The van der Waals surface area contributed by atoms with Crippen LogP contribution in [0.25, 0.3) is 0 Å². The molecule has 0 aromatic heterocycles. The van der Waals surface area contributed by atoms with Gasteiger partial charge in [-0.25, -0.2) is 0 Å². The Bertz CT molecular complexity index is 283. The Hall–Kier alpha value is -1.10. The van der Waals surface area contributed by atoms with E-state index in [1.165, 1.54) is 0 Å². The van der Waals surface area contributed by atoms with Crippen LogP contribution in [0, 0.1) is 0 Å². The first-order valence-electron chi connectivity index (χ1n) is 5.55. The Balaban J connectivity index is 2.56. The highest BCUT2D eigenvalue weighted by atomic mass is 16.4. The number of nitrogens with zero attached hydrogens (tertiary/aromatic N) is 1. The molecule has 16 heavy (non-hydrogen) atoms. The third-order valence-electron chi connectivity index (χ3n) is 2.80. The van der Waals surface area contributed by atoms with Crippen LogP contribution in [0.3, 0.4) is 0 Å². The molecular formula is C11H20N2O3. The zero-order valence-electron chi connectivity index (χ0n) is 10.1. The molecule has 1 heterocycles. The van der Waals surface area contributed by atoms with Crippen molar-refractivity contribution in [2.75, 3.05) is 13.1 Å². The monoisotopic (exact) mass is 228 g/mol. The van der Waals surface area contributed by atoms with Crippen LogP contribution in [0.1, 0.15) is 33.6 Å². The molecule has 0 aromatic carbocycles. The quantitative estimate of drug-likeness (QED) is 0.733. The summed E-state index contributed by atoms with van der Waals surface area (Å²) in [5.74, 6) is -0.770. The Morgan fingerprint density at radius 1 is 1.56 bits per heavy atom. The first-order chi connectivity index (χ1) is 7.29. The molecule has 0 aliphatic carbocycles. The van der Waals surface area contributed by atoms with Crippen molar-refractivity contribution in [1.82, 2.24) is 10.2 Å². The van der Waals surface area contributed by atoms with Crippen LogP contribution >= 0.6 is 0 Å². The van der Waals surface area contributed by atoms with Crippen LogP contribution in [0.5, 0.6) is 0 Å². The predicted molar refractivity (Wildman–Crippen MR) is 60.1 cm³/mol. The maximum absolute atomic E-state index is 11.1. The molecule has 2 N–H and O–H groups in total. The first kappa shape index (κ1) is 13.0. The molecule has 5 nitrogen and oxygen atoms in total. The first-order valence-corrected chi connectivity index (χ1v) is 5.55. The molecule has 0 spiro atoms. The molecule has 5 heteroatoms. The molecule has 0 radical (unpaired) electrons. The predicted octanol–water partition coefficient (Wildman–Crippen LogP) is 0.450. The van der Waals surface area contributed by atoms with Gasteiger partial charge in [-0.1, -0.05) is 0 Å². The molecule has 0 saturated carbocycles. The maximum Gasteiger partial charge on any atom is 0.317 e. The van der Waals surface area contributed by atoms with E-state index in [1.807, 2.05) is 25.7 Å². The Labute approximate surface area is 95.8 Å². The lowest BCUT2D eigenvalue weighted by Gasteiger charge is -2.36. The zero-order valence-corrected chi connectivity index (χ0v) is 10.1. The zero-order chi connectivity index (χ0) is 12.3. The molecule has 1 amide bonds. The second kappa shape index (κ2) is 4.82. The van der Waals surface area contributed by atoms with Crippen molar-refractivity contribution in [2.45, 2.75) is 45.2 Å². The van der Waals surface area contributed by atoms with Crippen LogP contribution < -0.4 is 5.32 Å². The third-order valence-corrected chi connectivity index (χ3v) is 2.80. The lowest BCUT2D eigenvalue weighted by molar-refractivity contribution is -0.139. The van der Waals surface area contributed by atoms with Crippen LogP contribution in [0.2, 0.25) is 0 Å². The molecule has 0 bridgehead atoms. The van der Waals surface area contributed by atoms with Gasteiger partial charge in [-0.15, -0.1) is 0 Å². The average molecular weight is 228 g/mol. The average Bonchev–Trinajstić information content (AvgIpc) is 2.47. The Kier molecular flexibility index (Phi) is 3.91. The van der Waals surface area contributed by atoms with E-state index in [2.05, 4.69) is 5.32 Å². The fourth-order valence-corrected chi connectivity index (χ4v) is 1.82. The maximum atomic E-state index is 11.1. The Morgan fingerprint density at radius 2 is 2.19 bits per heavy atom. The molecule has 1 rings (SSSR count). The summed E-state index contributed by atoms with van der Waals surface area (Å²) in [4.78, 5) is 23.7. The van der Waals surface area contributed by atoms with E-state index in [0.29, 0.717) is 13.0 Å². The highest BCUT2D eigenvalue weighted by molar-refractivity contribution is 5.78. The lowest BCUT2D eigenvalue weighted by atomic mass is 10.0. The summed E-state index contributed by atoms with van der Waals surface area (Å²) < 4.78 is 0. The summed E-state index contributed by atoms with van der Waals surface area (Å²) >= 11 is 0. The minimum atomic E-state index is -0.834. The summed E-state index contributed by atoms with van der Waals surface area (Å²) in [6.07, 6.45) is 1.35. The van der Waals surface area contributed by atoms with Gasteiger partial charge in [-0.3, -0.25) is 14.5 Å². The number of hydrogen-bond acceptors (Lipinski definition) is 3. The van der Waals surface area contributed by atoms with Gasteiger partial charge in [-0.2, -0.15) is 0 Å². The number of hydrogen-bond donors (Lipinski definition) is 2. The van der Waals surface area contributed by atoms with Gasteiger partial charge in [-0.05, 0) is 27.2 Å². The van der Waals surface area contributed by atoms with Gasteiger partial charge in [0, 0.05) is 24.5 Å². The largest absolute Gasteiger partial charge is 0.480 e. The van der Waals surface area contributed by atoms with Crippen LogP contribution in [0.15, 0.2) is 0 Å². The van der Waals surface area contributed by atoms with E-state index in [9.17, 15) is 9.59 Å². The van der Waals surface area contributed by atoms with E-state index in [4.69, 9.17) is 5.11 Å². The van der Waals surface area contributed by atoms with E-state index in [0.717, 1.165) is 6.42 Å². The number of carbonyl (C=O) groups excluding carboxylic acids is 1. The van der Waals surface area contributed by atoms with Gasteiger partial charge in [0.25, 0.3) is 0 Å². The second-order valence-corrected chi connectivity index (χ2v) is 5.25.